The lowest BCUT2D eigenvalue weighted by Gasteiger charge is -2.33. The van der Waals surface area contributed by atoms with Crippen molar-refractivity contribution in [3.63, 3.8) is 0 Å². The summed E-state index contributed by atoms with van der Waals surface area (Å²) in [6.07, 6.45) is 8.79. The number of aromatic nitrogens is 4. The largest absolute Gasteiger partial charge is 0.456 e. The number of amides is 2. The van der Waals surface area contributed by atoms with E-state index in [1.165, 1.54) is 0 Å². The number of rotatable bonds is 5. The van der Waals surface area contributed by atoms with Crippen molar-refractivity contribution >= 4 is 11.8 Å². The summed E-state index contributed by atoms with van der Waals surface area (Å²) in [5, 5.41) is 4.18. The molecule has 0 saturated carbocycles. The molecule has 2 saturated heterocycles. The average Bonchev–Trinajstić information content (AvgIpc) is 3.38. The van der Waals surface area contributed by atoms with Crippen LogP contribution >= 0.6 is 0 Å². The maximum Gasteiger partial charge on any atom is 0.326 e. The van der Waals surface area contributed by atoms with Gasteiger partial charge in [0.1, 0.15) is 17.3 Å². The van der Waals surface area contributed by atoms with Gasteiger partial charge in [-0.05, 0) is 38.0 Å². The second-order valence-corrected chi connectivity index (χ2v) is 8.23. The van der Waals surface area contributed by atoms with Crippen LogP contribution < -0.4 is 9.64 Å². The van der Waals surface area contributed by atoms with Gasteiger partial charge in [-0.1, -0.05) is 0 Å². The number of nitrogens with zero attached hydrogens (tertiary/aromatic N) is 6. The maximum absolute atomic E-state index is 13.1. The molecule has 1 atom stereocenters. The molecule has 1 unspecified atom stereocenters. The van der Waals surface area contributed by atoms with E-state index in [1.807, 2.05) is 36.3 Å². The van der Waals surface area contributed by atoms with Gasteiger partial charge >= 0.3 is 6.03 Å². The first kappa shape index (κ1) is 20.4. The van der Waals surface area contributed by atoms with Crippen molar-refractivity contribution in [2.24, 2.45) is 7.05 Å². The molecule has 5 heterocycles. The molecule has 2 amide bonds. The standard InChI is InChI=1S/C23H26N6O3/c1-16-14-28(23(30)29(16)18-6-9-31-10-7-18)22-4-3-20(13-25-22)32-19-5-8-24-21(11-19)17-12-26-27(2)15-17/h3-5,8,11-13,15-16,18H,6-7,9-10,14H2,1-2H3. The fraction of sp³-hybridized carbons (Fsp3) is 0.391. The van der Waals surface area contributed by atoms with Gasteiger partial charge in [0, 0.05) is 62.9 Å². The van der Waals surface area contributed by atoms with Crippen LogP contribution in [0.15, 0.2) is 49.1 Å². The van der Waals surface area contributed by atoms with Gasteiger partial charge in [-0.3, -0.25) is 14.6 Å². The van der Waals surface area contributed by atoms with E-state index in [-0.39, 0.29) is 18.1 Å². The summed E-state index contributed by atoms with van der Waals surface area (Å²) in [6, 6.07) is 7.72. The Morgan fingerprint density at radius 2 is 1.94 bits per heavy atom. The second-order valence-electron chi connectivity index (χ2n) is 8.23. The van der Waals surface area contributed by atoms with Gasteiger partial charge in [-0.15, -0.1) is 0 Å². The third-order valence-electron chi connectivity index (χ3n) is 5.92. The van der Waals surface area contributed by atoms with Crippen molar-refractivity contribution in [1.82, 2.24) is 24.6 Å². The van der Waals surface area contributed by atoms with Gasteiger partial charge in [0.25, 0.3) is 0 Å². The monoisotopic (exact) mass is 434 g/mol. The van der Waals surface area contributed by atoms with Gasteiger partial charge in [0.2, 0.25) is 0 Å². The molecule has 0 bridgehead atoms. The van der Waals surface area contributed by atoms with Crippen LogP contribution in [0, 0.1) is 0 Å². The molecular formula is C23H26N6O3. The van der Waals surface area contributed by atoms with Gasteiger partial charge in [0.05, 0.1) is 18.1 Å². The van der Waals surface area contributed by atoms with Gasteiger partial charge < -0.3 is 14.4 Å². The fourth-order valence-electron chi connectivity index (χ4n) is 4.34. The van der Waals surface area contributed by atoms with E-state index in [0.717, 1.165) is 24.1 Å². The summed E-state index contributed by atoms with van der Waals surface area (Å²) in [7, 11) is 1.87. The highest BCUT2D eigenvalue weighted by Gasteiger charge is 2.40. The molecule has 3 aromatic heterocycles. The highest BCUT2D eigenvalue weighted by atomic mass is 16.5. The zero-order valence-electron chi connectivity index (χ0n) is 18.2. The molecule has 0 N–H and O–H groups in total. The minimum Gasteiger partial charge on any atom is -0.456 e. The SMILES string of the molecule is CC1CN(c2ccc(Oc3ccnc(-c4cnn(C)c4)c3)cn2)C(=O)N1C1CCOCC1. The molecule has 3 aromatic rings. The molecule has 166 valence electrons. The number of ether oxygens (including phenoxy) is 2. The predicted octanol–water partition coefficient (Wildman–Crippen LogP) is 3.48. The molecule has 32 heavy (non-hydrogen) atoms. The number of carbonyl (C=O) groups excluding carboxylic acids is 1. The normalized spacial score (nSPS) is 19.6. The number of carbonyl (C=O) groups is 1. The molecule has 9 nitrogen and oxygen atoms in total. The number of pyridine rings is 2. The summed E-state index contributed by atoms with van der Waals surface area (Å²) in [6.45, 7) is 4.14. The van der Waals surface area contributed by atoms with Gasteiger partial charge in [-0.25, -0.2) is 9.78 Å². The Balaban J connectivity index is 1.28. The Hall–Kier alpha value is -3.46. The summed E-state index contributed by atoms with van der Waals surface area (Å²) in [5.41, 5.74) is 1.70. The highest BCUT2D eigenvalue weighted by Crippen LogP contribution is 2.30. The number of urea groups is 1. The first-order valence-electron chi connectivity index (χ1n) is 10.8. The summed E-state index contributed by atoms with van der Waals surface area (Å²) in [5.74, 6) is 1.89. The lowest BCUT2D eigenvalue weighted by Crippen LogP contribution is -2.45. The van der Waals surface area contributed by atoms with E-state index in [9.17, 15) is 4.79 Å². The molecule has 0 spiro atoms. The first-order valence-corrected chi connectivity index (χ1v) is 10.8. The molecule has 0 aromatic carbocycles. The summed E-state index contributed by atoms with van der Waals surface area (Å²) in [4.78, 5) is 25.7. The van der Waals surface area contributed by atoms with E-state index < -0.39 is 0 Å². The van der Waals surface area contributed by atoms with E-state index in [2.05, 4.69) is 22.0 Å². The minimum absolute atomic E-state index is 0.0146. The molecule has 2 fully saturated rings. The van der Waals surface area contributed by atoms with Crippen LogP contribution in [0.5, 0.6) is 11.5 Å². The van der Waals surface area contributed by atoms with Crippen LogP contribution in [-0.2, 0) is 11.8 Å². The predicted molar refractivity (Wildman–Crippen MR) is 119 cm³/mol. The minimum atomic E-state index is 0.0146. The van der Waals surface area contributed by atoms with Crippen LogP contribution in [0.2, 0.25) is 0 Å². The number of aryl methyl sites for hydroxylation is 1. The Kier molecular flexibility index (Phi) is 5.48. The number of hydrogen-bond donors (Lipinski definition) is 0. The maximum atomic E-state index is 13.1. The quantitative estimate of drug-likeness (QED) is 0.611. The molecule has 9 heteroatoms. The summed E-state index contributed by atoms with van der Waals surface area (Å²) < 4.78 is 13.2. The Morgan fingerprint density at radius 3 is 2.66 bits per heavy atom. The van der Waals surface area contributed by atoms with Crippen molar-refractivity contribution in [3.05, 3.63) is 49.1 Å². The lowest BCUT2D eigenvalue weighted by molar-refractivity contribution is 0.0441. The van der Waals surface area contributed by atoms with E-state index >= 15 is 0 Å². The molecule has 2 aliphatic rings. The van der Waals surface area contributed by atoms with E-state index in [1.54, 1.807) is 34.2 Å². The highest BCUT2D eigenvalue weighted by molar-refractivity contribution is 5.94. The smallest absolute Gasteiger partial charge is 0.326 e. The lowest BCUT2D eigenvalue weighted by atomic mass is 10.1. The van der Waals surface area contributed by atoms with Crippen LogP contribution in [0.25, 0.3) is 11.3 Å². The van der Waals surface area contributed by atoms with Gasteiger partial charge in [-0.2, -0.15) is 5.10 Å². The van der Waals surface area contributed by atoms with Gasteiger partial charge in [0.15, 0.2) is 0 Å². The van der Waals surface area contributed by atoms with E-state index in [4.69, 9.17) is 9.47 Å². The van der Waals surface area contributed by atoms with Crippen LogP contribution in [0.3, 0.4) is 0 Å². The number of anilines is 1. The Labute approximate surface area is 186 Å². The van der Waals surface area contributed by atoms with Crippen molar-refractivity contribution in [1.29, 1.82) is 0 Å². The zero-order valence-corrected chi connectivity index (χ0v) is 18.2. The zero-order chi connectivity index (χ0) is 22.1. The molecule has 2 aliphatic heterocycles. The molecule has 5 rings (SSSR count). The Morgan fingerprint density at radius 1 is 1.09 bits per heavy atom. The first-order chi connectivity index (χ1) is 15.6. The average molecular weight is 435 g/mol. The number of hydrogen-bond acceptors (Lipinski definition) is 6. The fourth-order valence-corrected chi connectivity index (χ4v) is 4.34. The van der Waals surface area contributed by atoms with E-state index in [0.29, 0.717) is 37.1 Å². The van der Waals surface area contributed by atoms with Crippen molar-refractivity contribution in [2.75, 3.05) is 24.7 Å². The third kappa shape index (κ3) is 4.03. The van der Waals surface area contributed by atoms with Crippen molar-refractivity contribution < 1.29 is 14.3 Å². The third-order valence-corrected chi connectivity index (χ3v) is 5.92. The van der Waals surface area contributed by atoms with Crippen LogP contribution in [-0.4, -0.2) is 62.5 Å². The second kappa shape index (κ2) is 8.58. The topological polar surface area (TPSA) is 85.6 Å². The molecule has 0 radical (unpaired) electrons. The van der Waals surface area contributed by atoms with Crippen molar-refractivity contribution in [2.45, 2.75) is 31.8 Å². The van der Waals surface area contributed by atoms with Crippen LogP contribution in [0.1, 0.15) is 19.8 Å². The Bertz CT molecular complexity index is 1090. The van der Waals surface area contributed by atoms with Crippen LogP contribution in [0.4, 0.5) is 10.6 Å². The molecular weight excluding hydrogens is 408 g/mol. The molecule has 0 aliphatic carbocycles. The summed E-state index contributed by atoms with van der Waals surface area (Å²) >= 11 is 0. The van der Waals surface area contributed by atoms with Crippen molar-refractivity contribution in [3.8, 4) is 22.8 Å².